The lowest BCUT2D eigenvalue weighted by Gasteiger charge is -2.20. The Hall–Kier alpha value is -2.24. The molecule has 23 heavy (non-hydrogen) atoms. The van der Waals surface area contributed by atoms with Crippen molar-refractivity contribution < 1.29 is 23.8 Å². The summed E-state index contributed by atoms with van der Waals surface area (Å²) in [6.45, 7) is 1.26. The fourth-order valence-electron chi connectivity index (χ4n) is 2.59. The lowest BCUT2D eigenvalue weighted by atomic mass is 10.2. The van der Waals surface area contributed by atoms with Crippen LogP contribution in [0, 0.1) is 0 Å². The maximum atomic E-state index is 12.1. The summed E-state index contributed by atoms with van der Waals surface area (Å²) in [6, 6.07) is 4.75. The molecule has 0 bridgehead atoms. The Morgan fingerprint density at radius 1 is 1.00 bits per heavy atom. The van der Waals surface area contributed by atoms with Gasteiger partial charge in [-0.15, -0.1) is 0 Å². The Balaban J connectivity index is 1.92. The highest BCUT2D eigenvalue weighted by molar-refractivity contribution is 5.92. The standard InChI is InChI=1S/C17H23NO5/c1-21-14-8-7-13(11-15(14)22-2)17(20)23-12-16(19)18-9-5-3-4-6-10-18/h7-8,11H,3-6,9-10,12H2,1-2H3. The molecule has 1 amide bonds. The van der Waals surface area contributed by atoms with Crippen LogP contribution in [0.5, 0.6) is 11.5 Å². The van der Waals surface area contributed by atoms with Gasteiger partial charge in [0.2, 0.25) is 0 Å². The molecule has 0 N–H and O–H groups in total. The van der Waals surface area contributed by atoms with Gasteiger partial charge in [-0.05, 0) is 31.0 Å². The number of methoxy groups -OCH3 is 2. The normalized spacial score (nSPS) is 14.8. The van der Waals surface area contributed by atoms with Gasteiger partial charge in [0.1, 0.15) is 0 Å². The Bertz CT molecular complexity index is 550. The van der Waals surface area contributed by atoms with Crippen LogP contribution in [0.3, 0.4) is 0 Å². The van der Waals surface area contributed by atoms with Crippen molar-refractivity contribution in [1.82, 2.24) is 4.90 Å². The molecular formula is C17H23NO5. The summed E-state index contributed by atoms with van der Waals surface area (Å²) >= 11 is 0. The van der Waals surface area contributed by atoms with E-state index in [1.54, 1.807) is 17.0 Å². The number of likely N-dealkylation sites (tertiary alicyclic amines) is 1. The van der Waals surface area contributed by atoms with E-state index in [0.29, 0.717) is 17.1 Å². The van der Waals surface area contributed by atoms with Gasteiger partial charge in [0.15, 0.2) is 18.1 Å². The van der Waals surface area contributed by atoms with Crippen molar-refractivity contribution in [2.45, 2.75) is 25.7 Å². The highest BCUT2D eigenvalue weighted by Gasteiger charge is 2.18. The minimum absolute atomic E-state index is 0.138. The van der Waals surface area contributed by atoms with Crippen LogP contribution < -0.4 is 9.47 Å². The molecule has 1 aliphatic rings. The van der Waals surface area contributed by atoms with Gasteiger partial charge in [-0.25, -0.2) is 4.79 Å². The minimum atomic E-state index is -0.547. The van der Waals surface area contributed by atoms with E-state index in [2.05, 4.69) is 0 Å². The second kappa shape index (κ2) is 8.41. The van der Waals surface area contributed by atoms with E-state index in [4.69, 9.17) is 14.2 Å². The molecule has 126 valence electrons. The van der Waals surface area contributed by atoms with E-state index in [9.17, 15) is 9.59 Å². The van der Waals surface area contributed by atoms with Gasteiger partial charge in [-0.1, -0.05) is 12.8 Å². The molecule has 1 fully saturated rings. The number of nitrogens with zero attached hydrogens (tertiary/aromatic N) is 1. The van der Waals surface area contributed by atoms with Crippen molar-refractivity contribution in [3.05, 3.63) is 23.8 Å². The van der Waals surface area contributed by atoms with E-state index in [-0.39, 0.29) is 12.5 Å². The van der Waals surface area contributed by atoms with Crippen molar-refractivity contribution in [3.63, 3.8) is 0 Å². The van der Waals surface area contributed by atoms with E-state index in [0.717, 1.165) is 38.8 Å². The van der Waals surface area contributed by atoms with E-state index >= 15 is 0 Å². The number of hydrogen-bond donors (Lipinski definition) is 0. The molecule has 0 saturated carbocycles. The second-order valence-corrected chi connectivity index (χ2v) is 5.44. The maximum Gasteiger partial charge on any atom is 0.338 e. The van der Waals surface area contributed by atoms with Gasteiger partial charge in [0, 0.05) is 13.1 Å². The van der Waals surface area contributed by atoms with Crippen molar-refractivity contribution in [1.29, 1.82) is 0 Å². The zero-order valence-corrected chi connectivity index (χ0v) is 13.7. The molecule has 6 heteroatoms. The Morgan fingerprint density at radius 3 is 2.26 bits per heavy atom. The molecule has 1 aromatic rings. The average Bonchev–Trinajstić information content (AvgIpc) is 2.88. The van der Waals surface area contributed by atoms with E-state index in [1.165, 1.54) is 20.3 Å². The molecule has 0 spiro atoms. The SMILES string of the molecule is COc1ccc(C(=O)OCC(=O)N2CCCCCC2)cc1OC. The molecule has 0 atom stereocenters. The lowest BCUT2D eigenvalue weighted by molar-refractivity contribution is -0.134. The quantitative estimate of drug-likeness (QED) is 0.778. The van der Waals surface area contributed by atoms with Gasteiger partial charge in [0.05, 0.1) is 19.8 Å². The fourth-order valence-corrected chi connectivity index (χ4v) is 2.59. The largest absolute Gasteiger partial charge is 0.493 e. The average molecular weight is 321 g/mol. The minimum Gasteiger partial charge on any atom is -0.493 e. The predicted octanol–water partition coefficient (Wildman–Crippen LogP) is 2.26. The molecular weight excluding hydrogens is 298 g/mol. The third kappa shape index (κ3) is 4.61. The van der Waals surface area contributed by atoms with E-state index < -0.39 is 5.97 Å². The van der Waals surface area contributed by atoms with Crippen LogP contribution in [-0.2, 0) is 9.53 Å². The van der Waals surface area contributed by atoms with E-state index in [1.807, 2.05) is 0 Å². The summed E-state index contributed by atoms with van der Waals surface area (Å²) in [5.74, 6) is 0.292. The Kier molecular flexibility index (Phi) is 6.26. The predicted molar refractivity (Wildman–Crippen MR) is 84.9 cm³/mol. The number of rotatable bonds is 5. The highest BCUT2D eigenvalue weighted by Crippen LogP contribution is 2.27. The van der Waals surface area contributed by atoms with Gasteiger partial charge in [0.25, 0.3) is 5.91 Å². The number of carbonyl (C=O) groups excluding carboxylic acids is 2. The smallest absolute Gasteiger partial charge is 0.338 e. The van der Waals surface area contributed by atoms with Gasteiger partial charge in [-0.2, -0.15) is 0 Å². The van der Waals surface area contributed by atoms with Gasteiger partial charge < -0.3 is 19.1 Å². The van der Waals surface area contributed by atoms with Crippen LogP contribution in [-0.4, -0.2) is 50.7 Å². The number of esters is 1. The fraction of sp³-hybridized carbons (Fsp3) is 0.529. The first-order valence-electron chi connectivity index (χ1n) is 7.82. The lowest BCUT2D eigenvalue weighted by Crippen LogP contribution is -2.35. The number of amides is 1. The van der Waals surface area contributed by atoms with Crippen molar-refractivity contribution in [3.8, 4) is 11.5 Å². The summed E-state index contributed by atoms with van der Waals surface area (Å²) in [6.07, 6.45) is 4.31. The molecule has 1 saturated heterocycles. The van der Waals surface area contributed by atoms with Crippen LogP contribution in [0.15, 0.2) is 18.2 Å². The maximum absolute atomic E-state index is 12.1. The first-order valence-corrected chi connectivity index (χ1v) is 7.82. The summed E-state index contributed by atoms with van der Waals surface area (Å²) in [5.41, 5.74) is 0.325. The summed E-state index contributed by atoms with van der Waals surface area (Å²) in [4.78, 5) is 26.0. The first-order chi connectivity index (χ1) is 11.2. The van der Waals surface area contributed by atoms with Gasteiger partial charge >= 0.3 is 5.97 Å². The van der Waals surface area contributed by atoms with Crippen LogP contribution in [0.4, 0.5) is 0 Å². The number of hydrogen-bond acceptors (Lipinski definition) is 5. The van der Waals surface area contributed by atoms with Crippen LogP contribution in [0.2, 0.25) is 0 Å². The van der Waals surface area contributed by atoms with Crippen LogP contribution in [0.1, 0.15) is 36.0 Å². The molecule has 1 aromatic carbocycles. The highest BCUT2D eigenvalue weighted by atomic mass is 16.5. The van der Waals surface area contributed by atoms with Crippen LogP contribution >= 0.6 is 0 Å². The summed E-state index contributed by atoms with van der Waals surface area (Å²) in [5, 5.41) is 0. The molecule has 0 unspecified atom stereocenters. The molecule has 0 aromatic heterocycles. The van der Waals surface area contributed by atoms with Crippen molar-refractivity contribution in [2.75, 3.05) is 33.9 Å². The monoisotopic (exact) mass is 321 g/mol. The number of benzene rings is 1. The summed E-state index contributed by atoms with van der Waals surface area (Å²) in [7, 11) is 3.02. The topological polar surface area (TPSA) is 65.1 Å². The molecule has 1 heterocycles. The first kappa shape index (κ1) is 17.1. The van der Waals surface area contributed by atoms with Crippen molar-refractivity contribution >= 4 is 11.9 Å². The zero-order chi connectivity index (χ0) is 16.7. The van der Waals surface area contributed by atoms with Crippen LogP contribution in [0.25, 0.3) is 0 Å². The molecule has 2 rings (SSSR count). The molecule has 6 nitrogen and oxygen atoms in total. The molecule has 1 aliphatic heterocycles. The number of carbonyl (C=O) groups is 2. The Labute approximate surface area is 136 Å². The third-order valence-electron chi connectivity index (χ3n) is 3.90. The summed E-state index contributed by atoms with van der Waals surface area (Å²) < 4.78 is 15.4. The second-order valence-electron chi connectivity index (χ2n) is 5.44. The Morgan fingerprint density at radius 2 is 1.65 bits per heavy atom. The molecule has 0 aliphatic carbocycles. The third-order valence-corrected chi connectivity index (χ3v) is 3.90. The molecule has 0 radical (unpaired) electrons. The van der Waals surface area contributed by atoms with Gasteiger partial charge in [-0.3, -0.25) is 4.79 Å². The zero-order valence-electron chi connectivity index (χ0n) is 13.7. The number of ether oxygens (including phenoxy) is 3. The van der Waals surface area contributed by atoms with Crippen molar-refractivity contribution in [2.24, 2.45) is 0 Å².